The largest absolute Gasteiger partial charge is 0.488 e. The first-order valence-electron chi connectivity index (χ1n) is 8.94. The molecule has 2 aromatic carbocycles. The molecule has 5 heteroatoms. The Kier molecular flexibility index (Phi) is 4.64. The van der Waals surface area contributed by atoms with Gasteiger partial charge in [0.15, 0.2) is 0 Å². The Balaban J connectivity index is 1.73. The third-order valence-corrected chi connectivity index (χ3v) is 5.05. The number of rotatable bonds is 3. The zero-order valence-corrected chi connectivity index (χ0v) is 14.7. The van der Waals surface area contributed by atoms with Gasteiger partial charge in [0.05, 0.1) is 25.9 Å². The first kappa shape index (κ1) is 17.0. The Bertz CT molecular complexity index is 840. The van der Waals surface area contributed by atoms with Gasteiger partial charge in [-0.05, 0) is 65.8 Å². The predicted molar refractivity (Wildman–Crippen MR) is 95.1 cm³/mol. The minimum atomic E-state index is -0.655. The molecule has 1 atom stereocenters. The number of fused-ring (bicyclic) bond motifs is 3. The lowest BCUT2D eigenvalue weighted by Crippen LogP contribution is -2.15. The summed E-state index contributed by atoms with van der Waals surface area (Å²) < 4.78 is 30.4. The van der Waals surface area contributed by atoms with E-state index in [-0.39, 0.29) is 11.7 Å². The third kappa shape index (κ3) is 3.19. The molecule has 2 aromatic rings. The van der Waals surface area contributed by atoms with E-state index in [1.54, 1.807) is 6.07 Å². The van der Waals surface area contributed by atoms with Crippen molar-refractivity contribution in [3.63, 3.8) is 0 Å². The molecule has 0 bridgehead atoms. The normalized spacial score (nSPS) is 18.6. The fraction of sp³-hybridized carbons (Fsp3) is 0.381. The zero-order valence-electron chi connectivity index (χ0n) is 14.7. The van der Waals surface area contributed by atoms with E-state index in [1.165, 1.54) is 13.2 Å². The van der Waals surface area contributed by atoms with Crippen molar-refractivity contribution in [3.8, 4) is 16.9 Å². The highest BCUT2D eigenvalue weighted by Gasteiger charge is 2.22. The van der Waals surface area contributed by atoms with Crippen molar-refractivity contribution in [2.45, 2.75) is 31.8 Å². The summed E-state index contributed by atoms with van der Waals surface area (Å²) in [5.41, 5.74) is 3.98. The van der Waals surface area contributed by atoms with Crippen molar-refractivity contribution in [1.29, 1.82) is 0 Å². The highest BCUT2D eigenvalue weighted by atomic mass is 19.1. The van der Waals surface area contributed by atoms with Crippen LogP contribution >= 0.6 is 0 Å². The molecule has 0 radical (unpaired) electrons. The topological polar surface area (TPSA) is 44.8 Å². The second-order valence-corrected chi connectivity index (χ2v) is 6.76. The van der Waals surface area contributed by atoms with Gasteiger partial charge in [0.25, 0.3) is 0 Å². The average Bonchev–Trinajstić information content (AvgIpc) is 3.08. The van der Waals surface area contributed by atoms with Gasteiger partial charge in [0.1, 0.15) is 17.7 Å². The van der Waals surface area contributed by atoms with E-state index in [0.717, 1.165) is 60.3 Å². The molecule has 136 valence electrons. The predicted octanol–water partition coefficient (Wildman–Crippen LogP) is 3.94. The Morgan fingerprint density at radius 1 is 1.15 bits per heavy atom. The summed E-state index contributed by atoms with van der Waals surface area (Å²) in [5.74, 6) is -0.351. The van der Waals surface area contributed by atoms with Gasteiger partial charge in [-0.15, -0.1) is 0 Å². The van der Waals surface area contributed by atoms with Crippen molar-refractivity contribution in [1.82, 2.24) is 0 Å². The number of benzene rings is 2. The number of ether oxygens (including phenoxy) is 3. The lowest BCUT2D eigenvalue weighted by Gasteiger charge is -2.16. The van der Waals surface area contributed by atoms with E-state index in [1.807, 2.05) is 12.1 Å². The van der Waals surface area contributed by atoms with Gasteiger partial charge in [0, 0.05) is 6.42 Å². The van der Waals surface area contributed by atoms with Gasteiger partial charge in [-0.2, -0.15) is 0 Å². The number of methoxy groups -OCH3 is 1. The molecule has 1 aliphatic heterocycles. The van der Waals surface area contributed by atoms with Crippen LogP contribution < -0.4 is 4.74 Å². The molecule has 0 saturated carbocycles. The van der Waals surface area contributed by atoms with Crippen molar-refractivity contribution >= 4 is 5.97 Å². The second kappa shape index (κ2) is 7.08. The third-order valence-electron chi connectivity index (χ3n) is 5.05. The number of hydrogen-bond donors (Lipinski definition) is 0. The van der Waals surface area contributed by atoms with Crippen LogP contribution in [0.25, 0.3) is 11.1 Å². The molecule has 0 spiro atoms. The molecule has 1 unspecified atom stereocenters. The van der Waals surface area contributed by atoms with Crippen LogP contribution in [0.5, 0.6) is 5.75 Å². The van der Waals surface area contributed by atoms with Gasteiger partial charge >= 0.3 is 5.97 Å². The molecule has 0 aromatic heterocycles. The molecule has 1 fully saturated rings. The van der Waals surface area contributed by atoms with Crippen molar-refractivity contribution in [2.75, 3.05) is 20.3 Å². The first-order valence-corrected chi connectivity index (χ1v) is 8.94. The molecule has 1 heterocycles. The SMILES string of the molecule is COC(=O)c1cc2c(cc1F)CCCc1cc(OC3CCOC3)ccc1-2. The highest BCUT2D eigenvalue weighted by molar-refractivity contribution is 5.92. The molecule has 1 saturated heterocycles. The fourth-order valence-corrected chi connectivity index (χ4v) is 3.72. The van der Waals surface area contributed by atoms with Crippen molar-refractivity contribution in [2.24, 2.45) is 0 Å². The van der Waals surface area contributed by atoms with Crippen LogP contribution in [-0.4, -0.2) is 32.4 Å². The van der Waals surface area contributed by atoms with Gasteiger partial charge in [-0.1, -0.05) is 6.07 Å². The molecular weight excluding hydrogens is 335 g/mol. The number of aryl methyl sites for hydroxylation is 2. The minimum absolute atomic E-state index is 0.0254. The van der Waals surface area contributed by atoms with Crippen LogP contribution in [0.2, 0.25) is 0 Å². The maximum absolute atomic E-state index is 14.3. The molecule has 0 amide bonds. The Morgan fingerprint density at radius 3 is 2.69 bits per heavy atom. The summed E-state index contributed by atoms with van der Waals surface area (Å²) in [6.07, 6.45) is 3.59. The van der Waals surface area contributed by atoms with Crippen LogP contribution in [0.15, 0.2) is 30.3 Å². The average molecular weight is 356 g/mol. The lowest BCUT2D eigenvalue weighted by molar-refractivity contribution is 0.0595. The van der Waals surface area contributed by atoms with E-state index in [2.05, 4.69) is 6.07 Å². The monoisotopic (exact) mass is 356 g/mol. The van der Waals surface area contributed by atoms with Gasteiger partial charge in [0.2, 0.25) is 0 Å². The molecule has 1 aliphatic carbocycles. The molecule has 4 nitrogen and oxygen atoms in total. The Labute approximate surface area is 151 Å². The van der Waals surface area contributed by atoms with E-state index in [9.17, 15) is 9.18 Å². The second-order valence-electron chi connectivity index (χ2n) is 6.76. The minimum Gasteiger partial charge on any atom is -0.488 e. The van der Waals surface area contributed by atoms with Crippen LogP contribution in [0.1, 0.15) is 34.3 Å². The highest BCUT2D eigenvalue weighted by Crippen LogP contribution is 2.36. The summed E-state index contributed by atoms with van der Waals surface area (Å²) in [6.45, 7) is 1.37. The van der Waals surface area contributed by atoms with Gasteiger partial charge in [-0.25, -0.2) is 9.18 Å². The van der Waals surface area contributed by atoms with Crippen LogP contribution in [0.3, 0.4) is 0 Å². The number of halogens is 1. The Morgan fingerprint density at radius 2 is 1.96 bits per heavy atom. The van der Waals surface area contributed by atoms with Crippen molar-refractivity contribution in [3.05, 3.63) is 52.8 Å². The molecule has 4 rings (SSSR count). The summed E-state index contributed by atoms with van der Waals surface area (Å²) in [4.78, 5) is 11.9. The fourth-order valence-electron chi connectivity index (χ4n) is 3.72. The summed E-state index contributed by atoms with van der Waals surface area (Å²) in [6, 6.07) is 9.09. The van der Waals surface area contributed by atoms with Gasteiger partial charge in [-0.3, -0.25) is 0 Å². The number of esters is 1. The van der Waals surface area contributed by atoms with Crippen molar-refractivity contribution < 1.29 is 23.4 Å². The lowest BCUT2D eigenvalue weighted by atomic mass is 9.94. The van der Waals surface area contributed by atoms with Crippen LogP contribution in [-0.2, 0) is 22.3 Å². The number of hydrogen-bond acceptors (Lipinski definition) is 4. The van der Waals surface area contributed by atoms with E-state index in [4.69, 9.17) is 14.2 Å². The van der Waals surface area contributed by atoms with E-state index < -0.39 is 11.8 Å². The standard InChI is InChI=1S/C21H21FO4/c1-24-21(23)19-11-18-14(10-20(19)22)4-2-3-13-9-15(5-6-17(13)18)26-16-7-8-25-12-16/h5-6,9-11,16H,2-4,7-8,12H2,1H3. The summed E-state index contributed by atoms with van der Waals surface area (Å²) in [7, 11) is 1.26. The molecule has 2 aliphatic rings. The molecular formula is C21H21FO4. The number of carbonyl (C=O) groups excluding carboxylic acids is 1. The van der Waals surface area contributed by atoms with E-state index >= 15 is 0 Å². The quantitative estimate of drug-likeness (QED) is 0.782. The summed E-state index contributed by atoms with van der Waals surface area (Å²) >= 11 is 0. The van der Waals surface area contributed by atoms with Crippen LogP contribution in [0, 0.1) is 5.82 Å². The maximum Gasteiger partial charge on any atom is 0.340 e. The molecule has 0 N–H and O–H groups in total. The van der Waals surface area contributed by atoms with Crippen LogP contribution in [0.4, 0.5) is 4.39 Å². The zero-order chi connectivity index (χ0) is 18.1. The Hall–Kier alpha value is -2.40. The number of carbonyl (C=O) groups is 1. The molecule has 26 heavy (non-hydrogen) atoms. The van der Waals surface area contributed by atoms with E-state index in [0.29, 0.717) is 6.61 Å². The summed E-state index contributed by atoms with van der Waals surface area (Å²) in [5, 5.41) is 0. The van der Waals surface area contributed by atoms with Gasteiger partial charge < -0.3 is 14.2 Å². The maximum atomic E-state index is 14.3. The first-order chi connectivity index (χ1) is 12.7. The smallest absolute Gasteiger partial charge is 0.340 e.